The first-order valence-corrected chi connectivity index (χ1v) is 26.7. The second kappa shape index (κ2) is 28.0. The highest BCUT2D eigenvalue weighted by atomic mass is 127. The number of fused-ring (bicyclic) bond motifs is 1. The number of anilines is 2. The molecule has 0 bridgehead atoms. The molecule has 0 spiro atoms. The second-order valence-electron chi connectivity index (χ2n) is 20.3. The number of H-pyrrole nitrogens is 1. The Morgan fingerprint density at radius 3 is 2.29 bits per heavy atom. The van der Waals surface area contributed by atoms with Gasteiger partial charge in [-0.1, -0.05) is 89.1 Å². The summed E-state index contributed by atoms with van der Waals surface area (Å²) in [5.74, 6) is -2.97. The molecule has 0 aliphatic carbocycles. The van der Waals surface area contributed by atoms with Crippen LogP contribution in [0.25, 0.3) is 11.2 Å². The predicted molar refractivity (Wildman–Crippen MR) is 284 cm³/mol. The summed E-state index contributed by atoms with van der Waals surface area (Å²) in [6.45, 7) is 12.7. The van der Waals surface area contributed by atoms with Crippen molar-refractivity contribution in [3.8, 4) is 0 Å². The number of aliphatic hydroxyl groups excluding tert-OH is 3. The fourth-order valence-electron chi connectivity index (χ4n) is 9.02. The summed E-state index contributed by atoms with van der Waals surface area (Å²) in [6, 6.07) is 1.79. The van der Waals surface area contributed by atoms with Crippen LogP contribution >= 0.6 is 22.6 Å². The number of hydrogen-bond acceptors (Lipinski definition) is 17. The van der Waals surface area contributed by atoms with Gasteiger partial charge in [0.15, 0.2) is 17.7 Å². The highest BCUT2D eigenvalue weighted by Crippen LogP contribution is 2.46. The van der Waals surface area contributed by atoms with Crippen molar-refractivity contribution in [1.29, 1.82) is 0 Å². The van der Waals surface area contributed by atoms with Gasteiger partial charge in [0, 0.05) is 28.5 Å². The van der Waals surface area contributed by atoms with Crippen LogP contribution in [0.5, 0.6) is 0 Å². The molecule has 0 radical (unpaired) electrons. The number of hydrogen-bond donors (Lipinski definition) is 11. The fraction of sp³-hybridized carbons (Fsp3) is 0.640. The molecule has 2 aliphatic heterocycles. The summed E-state index contributed by atoms with van der Waals surface area (Å²) in [4.78, 5) is 110. The van der Waals surface area contributed by atoms with Gasteiger partial charge in [0.05, 0.1) is 24.9 Å². The van der Waals surface area contributed by atoms with Gasteiger partial charge in [-0.25, -0.2) is 19.7 Å². The summed E-state index contributed by atoms with van der Waals surface area (Å²) in [5, 5.41) is 48.5. The van der Waals surface area contributed by atoms with Crippen molar-refractivity contribution in [2.45, 2.75) is 159 Å². The Morgan fingerprint density at radius 1 is 0.920 bits per heavy atom. The minimum absolute atomic E-state index is 0.0946. The lowest BCUT2D eigenvalue weighted by Gasteiger charge is -2.43. The standard InChI is InChI=1S/C50H75IN12O12/c1-26(2)11-10-18-50(51,28(5)6)32-21-36(66)63(48(32)72)20-17-35(65)60-37(27(3)4)46(71)57-29(7)44(69)58-31-15-13-30(14-16-31)23-74-49(73)59-33(12-8-9-19-52)45(70)61-38-34(22-64)75-47(41(68)40(38)67)62-43-39-42(54-24-53-39)55-25-56-43/h13-16,24-29,32-34,37-38,40-41,47,64,67-68H,8-12,17-23,52H2,1-7H3,(H,57,71)(H,58,69)(H,59,73)(H,60,65)(H,61,70)(H2,53,54,55,56,62)/t29-,32?,33+,34-,37-,38-,40+,41-,47-,50?/m0/s1. The number of carbonyl (C=O) groups is 7. The van der Waals surface area contributed by atoms with E-state index >= 15 is 0 Å². The van der Waals surface area contributed by atoms with Gasteiger partial charge in [-0.15, -0.1) is 0 Å². The molecule has 12 N–H and O–H groups in total. The summed E-state index contributed by atoms with van der Waals surface area (Å²) < 4.78 is 10.9. The van der Waals surface area contributed by atoms with E-state index in [2.05, 4.69) is 102 Å². The molecule has 3 aromatic rings. The van der Waals surface area contributed by atoms with E-state index in [1.807, 2.05) is 0 Å². The molecule has 2 aliphatic rings. The third kappa shape index (κ3) is 16.2. The minimum Gasteiger partial charge on any atom is -0.445 e. The lowest BCUT2D eigenvalue weighted by atomic mass is 9.78. The third-order valence-electron chi connectivity index (χ3n) is 13.6. The van der Waals surface area contributed by atoms with Crippen LogP contribution in [0, 0.1) is 23.7 Å². The number of rotatable bonds is 27. The molecule has 414 valence electrons. The zero-order valence-electron chi connectivity index (χ0n) is 43.6. The van der Waals surface area contributed by atoms with E-state index in [1.54, 1.807) is 38.1 Å². The van der Waals surface area contributed by atoms with E-state index in [0.717, 1.165) is 19.3 Å². The monoisotopic (exact) mass is 1160 g/mol. The molecule has 2 aromatic heterocycles. The van der Waals surface area contributed by atoms with Gasteiger partial charge in [0.25, 0.3) is 0 Å². The number of ether oxygens (including phenoxy) is 2. The number of aromatic nitrogens is 4. The Hall–Kier alpha value is -5.61. The van der Waals surface area contributed by atoms with Crippen LogP contribution in [-0.2, 0) is 44.8 Å². The number of imide groups is 1. The molecule has 2 fully saturated rings. The van der Waals surface area contributed by atoms with Gasteiger partial charge < -0.3 is 67.4 Å². The van der Waals surface area contributed by atoms with Gasteiger partial charge in [0.1, 0.15) is 54.9 Å². The fourth-order valence-corrected chi connectivity index (χ4v) is 9.89. The molecular weight excluding hydrogens is 1090 g/mol. The summed E-state index contributed by atoms with van der Waals surface area (Å²) >= 11 is 2.36. The minimum atomic E-state index is -1.63. The van der Waals surface area contributed by atoms with E-state index in [1.165, 1.54) is 24.5 Å². The number of aliphatic hydroxyl groups is 3. The average molecular weight is 1160 g/mol. The number of imidazole rings is 1. The molecule has 7 amide bonds. The number of nitrogens with zero attached hydrogens (tertiary/aromatic N) is 4. The van der Waals surface area contributed by atoms with Crippen molar-refractivity contribution in [3.05, 3.63) is 42.5 Å². The highest BCUT2D eigenvalue weighted by Gasteiger charge is 2.51. The van der Waals surface area contributed by atoms with Crippen molar-refractivity contribution in [2.24, 2.45) is 29.4 Å². The molecule has 75 heavy (non-hydrogen) atoms. The van der Waals surface area contributed by atoms with E-state index in [0.29, 0.717) is 47.7 Å². The Balaban J connectivity index is 1.08. The first-order valence-electron chi connectivity index (χ1n) is 25.6. The normalized spacial score (nSPS) is 21.9. The molecular formula is C50H75IN12O12. The molecule has 25 heteroatoms. The van der Waals surface area contributed by atoms with Crippen LogP contribution in [0.4, 0.5) is 16.3 Å². The Bertz CT molecular complexity index is 2430. The number of nitrogens with two attached hydrogens (primary N) is 1. The zero-order valence-corrected chi connectivity index (χ0v) is 45.8. The molecule has 2 saturated heterocycles. The van der Waals surface area contributed by atoms with Gasteiger partial charge in [-0.3, -0.25) is 33.7 Å². The summed E-state index contributed by atoms with van der Waals surface area (Å²) in [7, 11) is 0. The molecule has 10 atom stereocenters. The van der Waals surface area contributed by atoms with E-state index in [-0.39, 0.29) is 61.9 Å². The number of amides is 7. The van der Waals surface area contributed by atoms with Crippen LogP contribution in [0.3, 0.4) is 0 Å². The van der Waals surface area contributed by atoms with Crippen LogP contribution in [-0.4, -0.2) is 154 Å². The molecule has 24 nitrogen and oxygen atoms in total. The van der Waals surface area contributed by atoms with Crippen molar-refractivity contribution >= 4 is 86.8 Å². The van der Waals surface area contributed by atoms with Gasteiger partial charge >= 0.3 is 6.09 Å². The summed E-state index contributed by atoms with van der Waals surface area (Å²) in [6.07, 6.45) is -0.228. The maximum atomic E-state index is 13.6. The van der Waals surface area contributed by atoms with Crippen LogP contribution < -0.4 is 37.6 Å². The second-order valence-corrected chi connectivity index (χ2v) is 22.3. The topological polar surface area (TPSA) is 355 Å². The number of likely N-dealkylation sites (tertiary alicyclic amines) is 1. The number of carbonyl (C=O) groups excluding carboxylic acids is 7. The largest absolute Gasteiger partial charge is 0.445 e. The Morgan fingerprint density at radius 2 is 1.64 bits per heavy atom. The Kier molecular flexibility index (Phi) is 22.5. The van der Waals surface area contributed by atoms with Crippen molar-refractivity contribution in [3.63, 3.8) is 0 Å². The molecule has 4 heterocycles. The van der Waals surface area contributed by atoms with Crippen LogP contribution in [0.2, 0.25) is 0 Å². The average Bonchev–Trinajstić information content (AvgIpc) is 3.97. The van der Waals surface area contributed by atoms with Crippen LogP contribution in [0.1, 0.15) is 105 Å². The van der Waals surface area contributed by atoms with E-state index < -0.39 is 94.4 Å². The number of alkyl halides is 1. The highest BCUT2D eigenvalue weighted by molar-refractivity contribution is 14.1. The number of aromatic amines is 1. The SMILES string of the molecule is CC(C)CCCC(I)(C(C)C)C1CC(=O)N(CCC(=O)N[C@H](C(=O)N[C@@H](C)C(=O)Nc2ccc(COC(=O)N[C@H](CCCCN)C(=O)N[C@@H]3[C@@H](O)[C@H](O)[C@@H](Nc4ncnc5nc[nH]c45)O[C@H]3CO)cc2)C(C)C)C1=O. The predicted octanol–water partition coefficient (Wildman–Crippen LogP) is 2.12. The molecule has 5 rings (SSSR count). The van der Waals surface area contributed by atoms with Gasteiger partial charge in [0.2, 0.25) is 35.4 Å². The maximum absolute atomic E-state index is 13.6. The quantitative estimate of drug-likeness (QED) is 0.0225. The number of alkyl carbamates (subject to hydrolysis) is 1. The van der Waals surface area contributed by atoms with E-state index in [4.69, 9.17) is 15.2 Å². The summed E-state index contributed by atoms with van der Waals surface area (Å²) in [5.41, 5.74) is 7.31. The zero-order chi connectivity index (χ0) is 55.1. The number of halogens is 1. The molecule has 1 aromatic carbocycles. The lowest BCUT2D eigenvalue weighted by molar-refractivity contribution is -0.185. The third-order valence-corrected chi connectivity index (χ3v) is 16.1. The van der Waals surface area contributed by atoms with E-state index in [9.17, 15) is 48.9 Å². The number of nitrogens with one attached hydrogen (secondary N) is 7. The first kappa shape index (κ1) is 60.3. The molecule has 0 saturated carbocycles. The van der Waals surface area contributed by atoms with Gasteiger partial charge in [-0.2, -0.15) is 0 Å². The smallest absolute Gasteiger partial charge is 0.408 e. The van der Waals surface area contributed by atoms with Crippen molar-refractivity contribution in [1.82, 2.24) is 46.1 Å². The first-order chi connectivity index (χ1) is 35.6. The molecule has 2 unspecified atom stereocenters. The Labute approximate surface area is 450 Å². The number of unbranched alkanes of at least 4 members (excludes halogenated alkanes) is 1. The maximum Gasteiger partial charge on any atom is 0.408 e. The van der Waals surface area contributed by atoms with Crippen molar-refractivity contribution in [2.75, 3.05) is 30.3 Å². The van der Waals surface area contributed by atoms with Gasteiger partial charge in [-0.05, 0) is 74.6 Å². The number of benzene rings is 1. The van der Waals surface area contributed by atoms with Crippen LogP contribution in [0.15, 0.2) is 36.9 Å². The lowest BCUT2D eigenvalue weighted by Crippen LogP contribution is -2.67. The van der Waals surface area contributed by atoms with Crippen molar-refractivity contribution < 1.29 is 58.4 Å².